The Labute approximate surface area is 128 Å². The first-order valence-electron chi connectivity index (χ1n) is 7.24. The fourth-order valence-electron chi connectivity index (χ4n) is 2.55. The van der Waals surface area contributed by atoms with Crippen molar-refractivity contribution in [1.82, 2.24) is 0 Å². The average molecular weight is 298 g/mol. The van der Waals surface area contributed by atoms with E-state index in [2.05, 4.69) is 0 Å². The number of anilines is 1. The largest absolute Gasteiger partial charge is 0.508 e. The minimum Gasteiger partial charge on any atom is -0.508 e. The first-order valence-corrected chi connectivity index (χ1v) is 7.24. The molecule has 1 aliphatic rings. The van der Waals surface area contributed by atoms with Crippen LogP contribution in [0.2, 0.25) is 0 Å². The first kappa shape index (κ1) is 14.4. The van der Waals surface area contributed by atoms with Crippen molar-refractivity contribution in [2.24, 2.45) is 5.73 Å². The van der Waals surface area contributed by atoms with Crippen LogP contribution in [0.5, 0.6) is 5.75 Å². The van der Waals surface area contributed by atoms with E-state index in [1.54, 1.807) is 29.3 Å². The molecule has 3 N–H and O–H groups in total. The van der Waals surface area contributed by atoms with Crippen molar-refractivity contribution < 1.29 is 14.7 Å². The normalized spacial score (nSPS) is 14.5. The number of phenolic OH excluding ortho intramolecular Hbond substituents is 1. The summed E-state index contributed by atoms with van der Waals surface area (Å²) in [7, 11) is 0. The summed E-state index contributed by atoms with van der Waals surface area (Å²) in [6, 6.07) is 13.7. The lowest BCUT2D eigenvalue weighted by Gasteiger charge is -2.20. The highest BCUT2D eigenvalue weighted by atomic mass is 16.7. The molecule has 2 aromatic carbocycles. The molecular formula is C17H18N2O3. The number of carbonyl (C=O) groups is 1. The highest BCUT2D eigenvalue weighted by molar-refractivity contribution is 5.77. The van der Waals surface area contributed by atoms with E-state index in [4.69, 9.17) is 10.6 Å². The monoisotopic (exact) mass is 298 g/mol. The van der Waals surface area contributed by atoms with Crippen molar-refractivity contribution in [3.05, 3.63) is 59.7 Å². The Kier molecular flexibility index (Phi) is 3.98. The molecule has 0 saturated heterocycles. The SMILES string of the molecule is N[C@@H](Cc1ccc(O)cc1)C(=O)ON1CCc2ccccc21. The summed E-state index contributed by atoms with van der Waals surface area (Å²) in [6.07, 6.45) is 1.23. The number of carbonyl (C=O) groups excluding carboxylic acids is 1. The molecule has 0 aromatic heterocycles. The van der Waals surface area contributed by atoms with Gasteiger partial charge in [-0.25, -0.2) is 9.86 Å². The van der Waals surface area contributed by atoms with Gasteiger partial charge >= 0.3 is 5.97 Å². The summed E-state index contributed by atoms with van der Waals surface area (Å²) in [4.78, 5) is 17.6. The van der Waals surface area contributed by atoms with Gasteiger partial charge in [0.05, 0.1) is 12.2 Å². The zero-order chi connectivity index (χ0) is 15.5. The van der Waals surface area contributed by atoms with Crippen LogP contribution in [0.25, 0.3) is 0 Å². The minimum absolute atomic E-state index is 0.188. The number of para-hydroxylation sites is 1. The standard InChI is InChI=1S/C17H18N2O3/c18-15(11-12-5-7-14(20)8-6-12)17(21)22-19-10-9-13-3-1-2-4-16(13)19/h1-8,15,20H,9-11,18H2/t15-/m0/s1. The van der Waals surface area contributed by atoms with Gasteiger partial charge in [0, 0.05) is 0 Å². The van der Waals surface area contributed by atoms with E-state index in [9.17, 15) is 9.90 Å². The predicted octanol–water partition coefficient (Wildman–Crippen LogP) is 1.78. The maximum atomic E-state index is 12.1. The van der Waals surface area contributed by atoms with Gasteiger partial charge in [-0.1, -0.05) is 30.3 Å². The van der Waals surface area contributed by atoms with E-state index in [-0.39, 0.29) is 5.75 Å². The van der Waals surface area contributed by atoms with Crippen LogP contribution in [0, 0.1) is 0 Å². The van der Waals surface area contributed by atoms with Crippen LogP contribution < -0.4 is 10.8 Å². The fraction of sp³-hybridized carbons (Fsp3) is 0.235. The molecule has 0 unspecified atom stereocenters. The summed E-state index contributed by atoms with van der Waals surface area (Å²) in [5.41, 5.74) is 8.89. The highest BCUT2D eigenvalue weighted by Gasteiger charge is 2.25. The van der Waals surface area contributed by atoms with Crippen molar-refractivity contribution in [2.45, 2.75) is 18.9 Å². The molecule has 1 heterocycles. The Hall–Kier alpha value is -2.53. The zero-order valence-electron chi connectivity index (χ0n) is 12.1. The summed E-state index contributed by atoms with van der Waals surface area (Å²) >= 11 is 0. The van der Waals surface area contributed by atoms with Crippen molar-refractivity contribution in [2.75, 3.05) is 11.6 Å². The molecule has 114 valence electrons. The van der Waals surface area contributed by atoms with Gasteiger partial charge in [0.25, 0.3) is 0 Å². The van der Waals surface area contributed by atoms with Crippen LogP contribution in [0.4, 0.5) is 5.69 Å². The number of rotatable bonds is 4. The van der Waals surface area contributed by atoms with Crippen molar-refractivity contribution in [1.29, 1.82) is 0 Å². The maximum Gasteiger partial charge on any atom is 0.349 e. The first-order chi connectivity index (χ1) is 10.6. The maximum absolute atomic E-state index is 12.1. The molecule has 1 aliphatic heterocycles. The van der Waals surface area contributed by atoms with Crippen LogP contribution in [-0.4, -0.2) is 23.7 Å². The van der Waals surface area contributed by atoms with Gasteiger partial charge in [0.1, 0.15) is 11.8 Å². The topological polar surface area (TPSA) is 75.8 Å². The number of hydrogen-bond acceptors (Lipinski definition) is 5. The number of fused-ring (bicyclic) bond motifs is 1. The van der Waals surface area contributed by atoms with Gasteiger partial charge in [-0.2, -0.15) is 0 Å². The molecule has 5 nitrogen and oxygen atoms in total. The molecule has 5 heteroatoms. The molecule has 2 aromatic rings. The minimum atomic E-state index is -0.739. The molecule has 0 radical (unpaired) electrons. The van der Waals surface area contributed by atoms with Gasteiger partial charge in [-0.05, 0) is 42.2 Å². The Morgan fingerprint density at radius 3 is 2.73 bits per heavy atom. The van der Waals surface area contributed by atoms with E-state index in [0.717, 1.165) is 17.7 Å². The molecule has 0 spiro atoms. The third kappa shape index (κ3) is 3.04. The second-order valence-electron chi connectivity index (χ2n) is 5.37. The Balaban J connectivity index is 1.61. The van der Waals surface area contributed by atoms with E-state index < -0.39 is 12.0 Å². The molecule has 0 bridgehead atoms. The number of hydroxylamine groups is 1. The van der Waals surface area contributed by atoms with Crippen LogP contribution in [0.3, 0.4) is 0 Å². The average Bonchev–Trinajstić information content (AvgIpc) is 2.93. The van der Waals surface area contributed by atoms with Crippen LogP contribution >= 0.6 is 0 Å². The second kappa shape index (κ2) is 6.07. The number of phenols is 1. The Morgan fingerprint density at radius 1 is 1.23 bits per heavy atom. The number of aromatic hydroxyl groups is 1. The third-order valence-electron chi connectivity index (χ3n) is 3.74. The molecule has 22 heavy (non-hydrogen) atoms. The predicted molar refractivity (Wildman–Crippen MR) is 83.4 cm³/mol. The van der Waals surface area contributed by atoms with E-state index >= 15 is 0 Å². The van der Waals surface area contributed by atoms with Gasteiger partial charge < -0.3 is 15.7 Å². The van der Waals surface area contributed by atoms with Gasteiger partial charge in [-0.3, -0.25) is 0 Å². The molecule has 0 aliphatic carbocycles. The quantitative estimate of drug-likeness (QED) is 0.900. The second-order valence-corrected chi connectivity index (χ2v) is 5.37. The number of benzene rings is 2. The van der Waals surface area contributed by atoms with Crippen LogP contribution in [0.1, 0.15) is 11.1 Å². The molecule has 0 amide bonds. The lowest BCUT2D eigenvalue weighted by atomic mass is 10.1. The number of nitrogens with zero attached hydrogens (tertiary/aromatic N) is 1. The van der Waals surface area contributed by atoms with Gasteiger partial charge in [0.15, 0.2) is 0 Å². The van der Waals surface area contributed by atoms with Gasteiger partial charge in [0.2, 0.25) is 0 Å². The highest BCUT2D eigenvalue weighted by Crippen LogP contribution is 2.27. The van der Waals surface area contributed by atoms with Crippen LogP contribution in [-0.2, 0) is 22.5 Å². The van der Waals surface area contributed by atoms with Crippen molar-refractivity contribution >= 4 is 11.7 Å². The summed E-state index contributed by atoms with van der Waals surface area (Å²) in [6.45, 7) is 0.650. The summed E-state index contributed by atoms with van der Waals surface area (Å²) < 4.78 is 0. The third-order valence-corrected chi connectivity index (χ3v) is 3.74. The molecule has 0 fully saturated rings. The zero-order valence-corrected chi connectivity index (χ0v) is 12.1. The molecule has 1 atom stereocenters. The van der Waals surface area contributed by atoms with E-state index in [0.29, 0.717) is 13.0 Å². The summed E-state index contributed by atoms with van der Waals surface area (Å²) in [5.74, 6) is -0.265. The lowest BCUT2D eigenvalue weighted by molar-refractivity contribution is -0.146. The molecular weight excluding hydrogens is 280 g/mol. The van der Waals surface area contributed by atoms with Crippen molar-refractivity contribution in [3.63, 3.8) is 0 Å². The number of hydrogen-bond donors (Lipinski definition) is 2. The Bertz CT molecular complexity index is 670. The lowest BCUT2D eigenvalue weighted by Crippen LogP contribution is -2.39. The molecule has 0 saturated carbocycles. The molecule has 3 rings (SSSR count). The Morgan fingerprint density at radius 2 is 1.95 bits per heavy atom. The summed E-state index contributed by atoms with van der Waals surface area (Å²) in [5, 5.41) is 10.9. The smallest absolute Gasteiger partial charge is 0.349 e. The van der Waals surface area contributed by atoms with E-state index in [1.807, 2.05) is 24.3 Å². The fourth-order valence-corrected chi connectivity index (χ4v) is 2.55. The number of nitrogens with two attached hydrogens (primary N) is 1. The van der Waals surface area contributed by atoms with Crippen molar-refractivity contribution in [3.8, 4) is 5.75 Å². The van der Waals surface area contributed by atoms with E-state index in [1.165, 1.54) is 5.56 Å². The van der Waals surface area contributed by atoms with Crippen LogP contribution in [0.15, 0.2) is 48.5 Å². The van der Waals surface area contributed by atoms with Gasteiger partial charge in [-0.15, -0.1) is 0 Å².